The summed E-state index contributed by atoms with van der Waals surface area (Å²) in [4.78, 5) is 0. The van der Waals surface area contributed by atoms with Crippen LogP contribution < -0.4 is 10.5 Å². The predicted octanol–water partition coefficient (Wildman–Crippen LogP) is 3.23. The van der Waals surface area contributed by atoms with Crippen molar-refractivity contribution in [3.63, 3.8) is 0 Å². The van der Waals surface area contributed by atoms with E-state index in [1.165, 1.54) is 0 Å². The number of para-hydroxylation sites is 1. The van der Waals surface area contributed by atoms with Gasteiger partial charge in [-0.05, 0) is 31.7 Å². The Kier molecular flexibility index (Phi) is 5.29. The highest BCUT2D eigenvalue weighted by atomic mass is 16.5. The van der Waals surface area contributed by atoms with Crippen molar-refractivity contribution < 1.29 is 9.84 Å². The Morgan fingerprint density at radius 2 is 2.00 bits per heavy atom. The largest absolute Gasteiger partial charge is 0.504 e. The van der Waals surface area contributed by atoms with E-state index in [0.717, 1.165) is 18.4 Å². The van der Waals surface area contributed by atoms with Crippen molar-refractivity contribution in [3.05, 3.63) is 23.8 Å². The van der Waals surface area contributed by atoms with Gasteiger partial charge in [0.25, 0.3) is 0 Å². The quantitative estimate of drug-likeness (QED) is 0.798. The number of benzene rings is 1. The number of nitrogens with two attached hydrogens (primary N) is 1. The van der Waals surface area contributed by atoms with Crippen LogP contribution in [0.3, 0.4) is 0 Å². The van der Waals surface area contributed by atoms with Crippen molar-refractivity contribution in [3.8, 4) is 11.5 Å². The molecule has 1 rings (SSSR count). The van der Waals surface area contributed by atoms with Gasteiger partial charge in [0.2, 0.25) is 0 Å². The van der Waals surface area contributed by atoms with Gasteiger partial charge in [-0.25, -0.2) is 0 Å². The molecule has 3 N–H and O–H groups in total. The zero-order valence-electron chi connectivity index (χ0n) is 10.9. The first-order chi connectivity index (χ1) is 8.06. The summed E-state index contributed by atoms with van der Waals surface area (Å²) in [6, 6.07) is 5.37. The van der Waals surface area contributed by atoms with Gasteiger partial charge in [0.1, 0.15) is 0 Å². The van der Waals surface area contributed by atoms with E-state index in [2.05, 4.69) is 13.8 Å². The summed E-state index contributed by atoms with van der Waals surface area (Å²) in [6.07, 6.45) is 1.93. The molecule has 0 saturated carbocycles. The lowest BCUT2D eigenvalue weighted by Gasteiger charge is -2.16. The Morgan fingerprint density at radius 1 is 1.29 bits per heavy atom. The average Bonchev–Trinajstić information content (AvgIpc) is 2.29. The van der Waals surface area contributed by atoms with E-state index >= 15 is 0 Å². The molecule has 0 aliphatic rings. The highest BCUT2D eigenvalue weighted by Gasteiger charge is 2.14. The summed E-state index contributed by atoms with van der Waals surface area (Å²) < 4.78 is 5.35. The minimum Gasteiger partial charge on any atom is -0.504 e. The summed E-state index contributed by atoms with van der Waals surface area (Å²) in [5.41, 5.74) is 6.87. The fourth-order valence-electron chi connectivity index (χ4n) is 1.78. The van der Waals surface area contributed by atoms with Crippen LogP contribution >= 0.6 is 0 Å². The Hall–Kier alpha value is -1.22. The van der Waals surface area contributed by atoms with Gasteiger partial charge in [0.05, 0.1) is 6.61 Å². The van der Waals surface area contributed by atoms with Crippen molar-refractivity contribution in [2.24, 2.45) is 11.7 Å². The van der Waals surface area contributed by atoms with Crippen LogP contribution in [0, 0.1) is 5.92 Å². The Balaban J connectivity index is 2.78. The summed E-state index contributed by atoms with van der Waals surface area (Å²) in [5, 5.41) is 10.1. The minimum absolute atomic E-state index is 0.127. The summed E-state index contributed by atoms with van der Waals surface area (Å²) in [6.45, 7) is 6.77. The van der Waals surface area contributed by atoms with Crippen LogP contribution in [0.1, 0.15) is 45.2 Å². The molecule has 0 spiro atoms. The van der Waals surface area contributed by atoms with Gasteiger partial charge in [0.15, 0.2) is 11.5 Å². The molecule has 1 aromatic rings. The monoisotopic (exact) mass is 237 g/mol. The lowest BCUT2D eigenvalue weighted by molar-refractivity contribution is 0.315. The van der Waals surface area contributed by atoms with Crippen LogP contribution in [-0.2, 0) is 0 Å². The maximum atomic E-state index is 10.1. The lowest BCUT2D eigenvalue weighted by Crippen LogP contribution is -2.11. The molecule has 0 bridgehead atoms. The van der Waals surface area contributed by atoms with E-state index in [-0.39, 0.29) is 11.8 Å². The van der Waals surface area contributed by atoms with Crippen molar-refractivity contribution in [1.82, 2.24) is 0 Å². The first kappa shape index (κ1) is 13.8. The van der Waals surface area contributed by atoms with E-state index in [0.29, 0.717) is 18.3 Å². The molecule has 1 aromatic carbocycles. The molecular weight excluding hydrogens is 214 g/mol. The van der Waals surface area contributed by atoms with Crippen LogP contribution in [0.15, 0.2) is 18.2 Å². The van der Waals surface area contributed by atoms with Gasteiger partial charge < -0.3 is 15.6 Å². The number of ether oxygens (including phenoxy) is 1. The number of rotatable bonds is 6. The zero-order valence-corrected chi connectivity index (χ0v) is 10.9. The normalized spacial score (nSPS) is 12.8. The third kappa shape index (κ3) is 3.93. The molecule has 0 unspecified atom stereocenters. The molecule has 3 heteroatoms. The molecule has 0 aliphatic carbocycles. The highest BCUT2D eigenvalue weighted by Crippen LogP contribution is 2.34. The van der Waals surface area contributed by atoms with Gasteiger partial charge in [-0.3, -0.25) is 0 Å². The molecular formula is C14H23NO2. The molecule has 0 fully saturated rings. The van der Waals surface area contributed by atoms with Crippen molar-refractivity contribution >= 4 is 0 Å². The van der Waals surface area contributed by atoms with Crippen LogP contribution in [0.25, 0.3) is 0 Å². The summed E-state index contributed by atoms with van der Waals surface area (Å²) in [7, 11) is 0. The maximum absolute atomic E-state index is 10.1. The summed E-state index contributed by atoms with van der Waals surface area (Å²) in [5.74, 6) is 1.33. The third-order valence-electron chi connectivity index (χ3n) is 2.78. The third-order valence-corrected chi connectivity index (χ3v) is 2.78. The Labute approximate surface area is 104 Å². The van der Waals surface area contributed by atoms with E-state index in [1.807, 2.05) is 19.1 Å². The molecule has 0 aliphatic heterocycles. The second kappa shape index (κ2) is 6.50. The van der Waals surface area contributed by atoms with Crippen LogP contribution in [-0.4, -0.2) is 11.7 Å². The van der Waals surface area contributed by atoms with Crippen LogP contribution in [0.2, 0.25) is 0 Å². The average molecular weight is 237 g/mol. The molecule has 0 saturated heterocycles. The van der Waals surface area contributed by atoms with E-state index in [4.69, 9.17) is 10.5 Å². The van der Waals surface area contributed by atoms with Crippen molar-refractivity contribution in [2.75, 3.05) is 6.61 Å². The fraction of sp³-hybridized carbons (Fsp3) is 0.571. The molecule has 0 heterocycles. The van der Waals surface area contributed by atoms with E-state index < -0.39 is 0 Å². The van der Waals surface area contributed by atoms with Gasteiger partial charge in [-0.1, -0.05) is 26.0 Å². The Morgan fingerprint density at radius 3 is 2.59 bits per heavy atom. The molecule has 1 atom stereocenters. The Bertz CT molecular complexity index is 350. The predicted molar refractivity (Wildman–Crippen MR) is 70.3 cm³/mol. The minimum atomic E-state index is -0.127. The zero-order chi connectivity index (χ0) is 12.8. The molecule has 96 valence electrons. The van der Waals surface area contributed by atoms with Crippen LogP contribution in [0.4, 0.5) is 0 Å². The van der Waals surface area contributed by atoms with Gasteiger partial charge in [-0.2, -0.15) is 0 Å². The number of hydrogen-bond acceptors (Lipinski definition) is 3. The molecule has 0 aromatic heterocycles. The lowest BCUT2D eigenvalue weighted by atomic mass is 9.97. The first-order valence-electron chi connectivity index (χ1n) is 6.26. The second-order valence-corrected chi connectivity index (χ2v) is 4.70. The standard InChI is InChI=1S/C14H23NO2/c1-4-17-13-7-5-6-11(14(13)16)12(15)9-8-10(2)3/h5-7,10,12,16H,4,8-9,15H2,1-3H3/t12-/m1/s1. The number of phenolic OH excluding ortho intramolecular Hbond substituents is 1. The highest BCUT2D eigenvalue weighted by molar-refractivity contribution is 5.46. The maximum Gasteiger partial charge on any atom is 0.162 e. The van der Waals surface area contributed by atoms with Crippen molar-refractivity contribution in [1.29, 1.82) is 0 Å². The molecule has 0 amide bonds. The number of aromatic hydroxyl groups is 1. The number of phenols is 1. The topological polar surface area (TPSA) is 55.5 Å². The van der Waals surface area contributed by atoms with Crippen LogP contribution in [0.5, 0.6) is 11.5 Å². The van der Waals surface area contributed by atoms with Gasteiger partial charge >= 0.3 is 0 Å². The molecule has 0 radical (unpaired) electrons. The second-order valence-electron chi connectivity index (χ2n) is 4.70. The SMILES string of the molecule is CCOc1cccc([C@H](N)CCC(C)C)c1O. The van der Waals surface area contributed by atoms with Gasteiger partial charge in [0, 0.05) is 11.6 Å². The number of hydrogen-bond donors (Lipinski definition) is 2. The first-order valence-corrected chi connectivity index (χ1v) is 6.26. The van der Waals surface area contributed by atoms with E-state index in [9.17, 15) is 5.11 Å². The summed E-state index contributed by atoms with van der Waals surface area (Å²) >= 11 is 0. The fourth-order valence-corrected chi connectivity index (χ4v) is 1.78. The smallest absolute Gasteiger partial charge is 0.162 e. The van der Waals surface area contributed by atoms with Gasteiger partial charge in [-0.15, -0.1) is 0 Å². The molecule has 17 heavy (non-hydrogen) atoms. The van der Waals surface area contributed by atoms with Crippen molar-refractivity contribution in [2.45, 2.75) is 39.7 Å². The van der Waals surface area contributed by atoms with E-state index in [1.54, 1.807) is 6.07 Å². The molecule has 3 nitrogen and oxygen atoms in total.